The molecule has 1 spiro atoms. The van der Waals surface area contributed by atoms with Gasteiger partial charge in [0.2, 0.25) is 11.8 Å². The molecule has 0 bridgehead atoms. The fraction of sp³-hybridized carbons (Fsp3) is 0.417. The van der Waals surface area contributed by atoms with Gasteiger partial charge in [-0.2, -0.15) is 0 Å². The Morgan fingerprint density at radius 3 is 2.59 bits per heavy atom. The number of ether oxygens (including phenoxy) is 4. The highest BCUT2D eigenvalue weighted by Gasteiger charge is 2.44. The van der Waals surface area contributed by atoms with E-state index in [1.54, 1.807) is 49.5 Å². The van der Waals surface area contributed by atoms with Crippen LogP contribution < -0.4 is 29.2 Å². The zero-order valence-electron chi connectivity index (χ0n) is 18.2. The second-order valence-corrected chi connectivity index (χ2v) is 8.42. The molecule has 2 aliphatic heterocycles. The third-order valence-corrected chi connectivity index (χ3v) is 6.34. The Hall–Kier alpha value is -3.42. The van der Waals surface area contributed by atoms with Crippen LogP contribution >= 0.6 is 0 Å². The van der Waals surface area contributed by atoms with Gasteiger partial charge < -0.3 is 29.2 Å². The minimum absolute atomic E-state index is 0.125. The fourth-order valence-electron chi connectivity index (χ4n) is 4.66. The van der Waals surface area contributed by atoms with Crippen LogP contribution in [0.25, 0.3) is 0 Å². The number of rotatable bonds is 5. The molecule has 3 aliphatic rings. The Morgan fingerprint density at radius 2 is 1.84 bits per heavy atom. The van der Waals surface area contributed by atoms with Crippen LogP contribution in [0, 0.1) is 5.92 Å². The highest BCUT2D eigenvalue weighted by molar-refractivity contribution is 6.04. The van der Waals surface area contributed by atoms with E-state index in [-0.39, 0.29) is 24.8 Å². The molecule has 168 valence electrons. The maximum absolute atomic E-state index is 12.9. The Balaban J connectivity index is 1.28. The molecule has 0 aromatic heterocycles. The quantitative estimate of drug-likeness (QED) is 0.766. The first kappa shape index (κ1) is 20.5. The van der Waals surface area contributed by atoms with Crippen molar-refractivity contribution in [3.8, 4) is 23.0 Å². The molecule has 1 saturated heterocycles. The molecular weight excluding hydrogens is 412 g/mol. The molecule has 1 atom stereocenters. The maximum atomic E-state index is 12.9. The smallest absolute Gasteiger partial charge is 0.251 e. The Bertz CT molecular complexity index is 1060. The lowest BCUT2D eigenvalue weighted by atomic mass is 10.1. The summed E-state index contributed by atoms with van der Waals surface area (Å²) in [5, 5.41) is 2.93. The molecule has 1 aliphatic carbocycles. The first-order valence-corrected chi connectivity index (χ1v) is 10.9. The first-order valence-electron chi connectivity index (χ1n) is 10.9. The van der Waals surface area contributed by atoms with Gasteiger partial charge in [0.15, 0.2) is 11.5 Å². The minimum Gasteiger partial charge on any atom is -0.497 e. The highest BCUT2D eigenvalue weighted by atomic mass is 16.7. The van der Waals surface area contributed by atoms with Crippen LogP contribution in [-0.2, 0) is 9.59 Å². The SMILES string of the molecule is COc1ccc(OC)c(N2CC(C(=O)Nc3ccc4c(c3)OC3(CCCC3)O4)CC2=O)c1. The third kappa shape index (κ3) is 3.59. The summed E-state index contributed by atoms with van der Waals surface area (Å²) in [6.07, 6.45) is 4.04. The van der Waals surface area contributed by atoms with Crippen molar-refractivity contribution >= 4 is 23.2 Å². The monoisotopic (exact) mass is 438 g/mol. The molecule has 2 heterocycles. The largest absolute Gasteiger partial charge is 0.497 e. The van der Waals surface area contributed by atoms with Crippen molar-refractivity contribution in [3.05, 3.63) is 36.4 Å². The van der Waals surface area contributed by atoms with E-state index in [2.05, 4.69) is 5.32 Å². The van der Waals surface area contributed by atoms with Gasteiger partial charge in [-0.3, -0.25) is 9.59 Å². The Kier molecular flexibility index (Phi) is 5.07. The van der Waals surface area contributed by atoms with Crippen molar-refractivity contribution in [1.82, 2.24) is 0 Å². The van der Waals surface area contributed by atoms with E-state index in [4.69, 9.17) is 18.9 Å². The number of carbonyl (C=O) groups is 2. The summed E-state index contributed by atoms with van der Waals surface area (Å²) in [5.41, 5.74) is 1.22. The summed E-state index contributed by atoms with van der Waals surface area (Å²) in [6, 6.07) is 10.7. The molecule has 2 aromatic rings. The van der Waals surface area contributed by atoms with Crippen LogP contribution in [0.3, 0.4) is 0 Å². The Labute approximate surface area is 186 Å². The molecule has 5 rings (SSSR count). The summed E-state index contributed by atoms with van der Waals surface area (Å²) in [4.78, 5) is 27.2. The zero-order chi connectivity index (χ0) is 22.3. The Morgan fingerprint density at radius 1 is 1.06 bits per heavy atom. The molecule has 8 heteroatoms. The van der Waals surface area contributed by atoms with Crippen molar-refractivity contribution in [3.63, 3.8) is 0 Å². The highest BCUT2D eigenvalue weighted by Crippen LogP contribution is 2.47. The second-order valence-electron chi connectivity index (χ2n) is 8.42. The number of hydrogen-bond acceptors (Lipinski definition) is 6. The van der Waals surface area contributed by atoms with Crippen molar-refractivity contribution in [2.75, 3.05) is 31.0 Å². The number of anilines is 2. The molecule has 8 nitrogen and oxygen atoms in total. The summed E-state index contributed by atoms with van der Waals surface area (Å²) in [6.45, 7) is 0.266. The number of nitrogens with one attached hydrogen (secondary N) is 1. The van der Waals surface area contributed by atoms with E-state index in [9.17, 15) is 9.59 Å². The number of nitrogens with zero attached hydrogens (tertiary/aromatic N) is 1. The predicted octanol–water partition coefficient (Wildman–Crippen LogP) is 3.74. The van der Waals surface area contributed by atoms with Crippen LogP contribution in [-0.4, -0.2) is 38.4 Å². The van der Waals surface area contributed by atoms with Crippen LogP contribution in [0.1, 0.15) is 32.1 Å². The van der Waals surface area contributed by atoms with E-state index < -0.39 is 11.7 Å². The van der Waals surface area contributed by atoms with Crippen molar-refractivity contribution in [1.29, 1.82) is 0 Å². The van der Waals surface area contributed by atoms with Gasteiger partial charge in [-0.05, 0) is 37.1 Å². The predicted molar refractivity (Wildman–Crippen MR) is 118 cm³/mol. The first-order chi connectivity index (χ1) is 15.5. The lowest BCUT2D eigenvalue weighted by Gasteiger charge is -2.21. The van der Waals surface area contributed by atoms with E-state index in [1.165, 1.54) is 0 Å². The van der Waals surface area contributed by atoms with Crippen molar-refractivity contribution in [2.45, 2.75) is 37.9 Å². The summed E-state index contributed by atoms with van der Waals surface area (Å²) in [5.74, 6) is 1.15. The van der Waals surface area contributed by atoms with Gasteiger partial charge in [-0.25, -0.2) is 0 Å². The molecule has 2 fully saturated rings. The van der Waals surface area contributed by atoms with Gasteiger partial charge in [0.25, 0.3) is 5.79 Å². The lowest BCUT2D eigenvalue weighted by molar-refractivity contribution is -0.122. The van der Waals surface area contributed by atoms with Crippen molar-refractivity contribution in [2.24, 2.45) is 5.92 Å². The third-order valence-electron chi connectivity index (χ3n) is 6.34. The van der Waals surface area contributed by atoms with Gasteiger partial charge in [-0.1, -0.05) is 0 Å². The van der Waals surface area contributed by atoms with Crippen LogP contribution in [0.15, 0.2) is 36.4 Å². The normalized spacial score (nSPS) is 20.6. The van der Waals surface area contributed by atoms with E-state index in [1.807, 2.05) is 6.07 Å². The fourth-order valence-corrected chi connectivity index (χ4v) is 4.66. The topological polar surface area (TPSA) is 86.3 Å². The van der Waals surface area contributed by atoms with Gasteiger partial charge >= 0.3 is 0 Å². The number of hydrogen-bond donors (Lipinski definition) is 1. The number of methoxy groups -OCH3 is 2. The summed E-state index contributed by atoms with van der Waals surface area (Å²) >= 11 is 0. The van der Waals surface area contributed by atoms with E-state index >= 15 is 0 Å². The molecule has 1 unspecified atom stereocenters. The number of carbonyl (C=O) groups excluding carboxylic acids is 2. The van der Waals surface area contributed by atoms with Gasteiger partial charge in [0, 0.05) is 43.6 Å². The molecule has 1 saturated carbocycles. The van der Waals surface area contributed by atoms with Gasteiger partial charge in [0.1, 0.15) is 11.5 Å². The average Bonchev–Trinajstić information content (AvgIpc) is 3.51. The minimum atomic E-state index is -0.543. The summed E-state index contributed by atoms with van der Waals surface area (Å²) in [7, 11) is 3.11. The van der Waals surface area contributed by atoms with E-state index in [0.717, 1.165) is 25.7 Å². The van der Waals surface area contributed by atoms with Crippen molar-refractivity contribution < 1.29 is 28.5 Å². The maximum Gasteiger partial charge on any atom is 0.251 e. The number of amides is 2. The number of fused-ring (bicyclic) bond motifs is 1. The molecule has 32 heavy (non-hydrogen) atoms. The standard InChI is InChI=1S/C24H26N2O6/c1-29-17-6-8-19(30-2)18(13-17)26-14-15(11-22(26)27)23(28)25-16-5-7-20-21(12-16)32-24(31-20)9-3-4-10-24/h5-8,12-13,15H,3-4,9-11,14H2,1-2H3,(H,25,28). The molecule has 2 amide bonds. The average molecular weight is 438 g/mol. The molecule has 2 aromatic carbocycles. The van der Waals surface area contributed by atoms with Crippen LogP contribution in [0.5, 0.6) is 23.0 Å². The summed E-state index contributed by atoms with van der Waals surface area (Å²) < 4.78 is 22.8. The van der Waals surface area contributed by atoms with Crippen LogP contribution in [0.4, 0.5) is 11.4 Å². The molecule has 1 N–H and O–H groups in total. The van der Waals surface area contributed by atoms with Gasteiger partial charge in [-0.15, -0.1) is 0 Å². The zero-order valence-corrected chi connectivity index (χ0v) is 18.2. The second kappa shape index (κ2) is 7.93. The lowest BCUT2D eigenvalue weighted by Crippen LogP contribution is -2.34. The number of benzene rings is 2. The van der Waals surface area contributed by atoms with E-state index in [0.29, 0.717) is 34.4 Å². The molecular formula is C24H26N2O6. The molecule has 0 radical (unpaired) electrons. The van der Waals surface area contributed by atoms with Crippen LogP contribution in [0.2, 0.25) is 0 Å². The van der Waals surface area contributed by atoms with Gasteiger partial charge in [0.05, 0.1) is 25.8 Å².